The van der Waals surface area contributed by atoms with Crippen LogP contribution in [0.25, 0.3) is 0 Å². The lowest BCUT2D eigenvalue weighted by Gasteiger charge is -2.02. The zero-order chi connectivity index (χ0) is 7.11. The molecule has 0 fully saturated rings. The van der Waals surface area contributed by atoms with Crippen molar-refractivity contribution in [2.45, 2.75) is 13.3 Å². The van der Waals surface area contributed by atoms with Crippen LogP contribution < -0.4 is 5.84 Å². The summed E-state index contributed by atoms with van der Waals surface area (Å²) in [5.41, 5.74) is 0. The Morgan fingerprint density at radius 3 is 2.89 bits per heavy atom. The second-order valence-electron chi connectivity index (χ2n) is 1.43. The van der Waals surface area contributed by atoms with Crippen molar-refractivity contribution in [2.24, 2.45) is 10.9 Å². The largest absolute Gasteiger partial charge is 0.227 e. The highest BCUT2D eigenvalue weighted by Crippen LogP contribution is 1.78. The third kappa shape index (κ3) is 5.10. The van der Waals surface area contributed by atoms with E-state index in [-0.39, 0.29) is 0 Å². The molecule has 9 heavy (non-hydrogen) atoms. The molecule has 4 heteroatoms. The number of rotatable bonds is 3. The van der Waals surface area contributed by atoms with Gasteiger partial charge in [-0.2, -0.15) is 5.10 Å². The van der Waals surface area contributed by atoms with Crippen molar-refractivity contribution in [1.29, 1.82) is 0 Å². The maximum Gasteiger partial charge on any atom is 0.105 e. The van der Waals surface area contributed by atoms with Crippen LogP contribution in [0.15, 0.2) is 17.3 Å². The Balaban J connectivity index is 3.48. The SMILES string of the molecule is [B]/C=C/N(N)/N=C\CC. The summed E-state index contributed by atoms with van der Waals surface area (Å²) in [6.45, 7) is 1.98. The minimum absolute atomic E-state index is 0.867. The van der Waals surface area contributed by atoms with Gasteiger partial charge in [-0.15, -0.1) is 5.98 Å². The summed E-state index contributed by atoms with van der Waals surface area (Å²) < 4.78 is 0. The molecule has 0 amide bonds. The standard InChI is InChI=1S/C5H10BN3/c1-2-4-8-9(7)5-3-6/h3-5H,2,7H2,1H3/b5-3+,8-4-. The third-order valence-electron chi connectivity index (χ3n) is 0.636. The Bertz CT molecular complexity index is 111. The Kier molecular flexibility index (Phi) is 4.92. The van der Waals surface area contributed by atoms with Crippen LogP contribution in [0.4, 0.5) is 0 Å². The van der Waals surface area contributed by atoms with Gasteiger partial charge >= 0.3 is 0 Å². The molecule has 0 unspecified atom stereocenters. The summed E-state index contributed by atoms with van der Waals surface area (Å²) in [4.78, 5) is 0. The normalized spacial score (nSPS) is 11.3. The highest BCUT2D eigenvalue weighted by Gasteiger charge is 1.77. The lowest BCUT2D eigenvalue weighted by Crippen LogP contribution is -2.17. The molecule has 2 radical (unpaired) electrons. The Morgan fingerprint density at radius 1 is 1.78 bits per heavy atom. The summed E-state index contributed by atoms with van der Waals surface area (Å²) in [6.07, 6.45) is 4.03. The Labute approximate surface area is 56.6 Å². The van der Waals surface area contributed by atoms with Crippen LogP contribution in [-0.2, 0) is 0 Å². The highest BCUT2D eigenvalue weighted by atomic mass is 15.6. The molecule has 0 aliphatic rings. The monoisotopic (exact) mass is 123 g/mol. The van der Waals surface area contributed by atoms with Crippen molar-refractivity contribution < 1.29 is 0 Å². The van der Waals surface area contributed by atoms with E-state index in [1.54, 1.807) is 6.21 Å². The van der Waals surface area contributed by atoms with Gasteiger partial charge in [0.25, 0.3) is 0 Å². The quantitative estimate of drug-likeness (QED) is 0.252. The third-order valence-corrected chi connectivity index (χ3v) is 0.636. The maximum atomic E-state index is 5.24. The molecule has 0 atom stereocenters. The van der Waals surface area contributed by atoms with Crippen molar-refractivity contribution in [2.75, 3.05) is 0 Å². The molecule has 0 saturated carbocycles. The van der Waals surface area contributed by atoms with Crippen molar-refractivity contribution in [1.82, 2.24) is 5.12 Å². The first kappa shape index (κ1) is 8.23. The first-order valence-corrected chi connectivity index (χ1v) is 2.76. The minimum Gasteiger partial charge on any atom is -0.227 e. The first-order valence-electron chi connectivity index (χ1n) is 2.76. The van der Waals surface area contributed by atoms with Crippen LogP contribution in [0, 0.1) is 0 Å². The zero-order valence-corrected chi connectivity index (χ0v) is 5.49. The minimum atomic E-state index is 0.867. The van der Waals surface area contributed by atoms with Crippen LogP contribution in [0.5, 0.6) is 0 Å². The molecular formula is C5H10BN3. The van der Waals surface area contributed by atoms with Gasteiger partial charge in [-0.05, 0) is 6.42 Å². The fraction of sp³-hybridized carbons (Fsp3) is 0.400. The van der Waals surface area contributed by atoms with E-state index in [2.05, 4.69) is 5.10 Å². The summed E-state index contributed by atoms with van der Waals surface area (Å²) in [5, 5.41) is 4.91. The molecular weight excluding hydrogens is 113 g/mol. The summed E-state index contributed by atoms with van der Waals surface area (Å²) in [7, 11) is 5.03. The van der Waals surface area contributed by atoms with Crippen LogP contribution in [-0.4, -0.2) is 19.2 Å². The molecule has 0 aromatic heterocycles. The molecule has 0 spiro atoms. The Hall–Kier alpha value is -0.765. The van der Waals surface area contributed by atoms with Crippen molar-refractivity contribution >= 4 is 14.1 Å². The van der Waals surface area contributed by atoms with Crippen molar-refractivity contribution in [3.8, 4) is 0 Å². The topological polar surface area (TPSA) is 41.6 Å². The summed E-state index contributed by atoms with van der Waals surface area (Å²) in [6, 6.07) is 0. The van der Waals surface area contributed by atoms with E-state index >= 15 is 0 Å². The Morgan fingerprint density at radius 2 is 2.44 bits per heavy atom. The van der Waals surface area contributed by atoms with E-state index in [1.807, 2.05) is 6.92 Å². The van der Waals surface area contributed by atoms with Gasteiger partial charge in [0.15, 0.2) is 0 Å². The van der Waals surface area contributed by atoms with Crippen molar-refractivity contribution in [3.05, 3.63) is 12.2 Å². The average Bonchev–Trinajstić information content (AvgIpc) is 1.85. The van der Waals surface area contributed by atoms with E-state index in [9.17, 15) is 0 Å². The molecule has 0 aliphatic carbocycles. The molecule has 0 aromatic carbocycles. The fourth-order valence-electron chi connectivity index (χ4n) is 0.303. The van der Waals surface area contributed by atoms with E-state index in [1.165, 1.54) is 12.2 Å². The van der Waals surface area contributed by atoms with E-state index in [4.69, 9.17) is 13.7 Å². The van der Waals surface area contributed by atoms with Gasteiger partial charge in [0.1, 0.15) is 7.85 Å². The van der Waals surface area contributed by atoms with Crippen LogP contribution in [0.1, 0.15) is 13.3 Å². The highest BCUT2D eigenvalue weighted by molar-refractivity contribution is 6.16. The van der Waals surface area contributed by atoms with Gasteiger partial charge in [-0.1, -0.05) is 6.92 Å². The second kappa shape index (κ2) is 5.37. The number of hydrazone groups is 1. The smallest absolute Gasteiger partial charge is 0.105 e. The average molecular weight is 123 g/mol. The van der Waals surface area contributed by atoms with Gasteiger partial charge in [0.2, 0.25) is 0 Å². The molecule has 2 N–H and O–H groups in total. The maximum absolute atomic E-state index is 5.24. The predicted octanol–water partition coefficient (Wildman–Crippen LogP) is 0.198. The molecule has 3 nitrogen and oxygen atoms in total. The second-order valence-corrected chi connectivity index (χ2v) is 1.43. The predicted molar refractivity (Wildman–Crippen MR) is 39.7 cm³/mol. The van der Waals surface area contributed by atoms with Gasteiger partial charge in [0.05, 0.1) is 0 Å². The zero-order valence-electron chi connectivity index (χ0n) is 5.49. The molecule has 0 aromatic rings. The molecule has 0 aliphatic heterocycles. The number of hydrazine groups is 1. The number of hydrogen-bond acceptors (Lipinski definition) is 3. The van der Waals surface area contributed by atoms with Gasteiger partial charge in [0, 0.05) is 12.4 Å². The lowest BCUT2D eigenvalue weighted by atomic mass is 10.2. The van der Waals surface area contributed by atoms with Crippen LogP contribution >= 0.6 is 0 Å². The van der Waals surface area contributed by atoms with Gasteiger partial charge < -0.3 is 0 Å². The number of nitrogens with zero attached hydrogens (tertiary/aromatic N) is 2. The van der Waals surface area contributed by atoms with Gasteiger partial charge in [-0.3, -0.25) is 0 Å². The molecule has 0 rings (SSSR count). The fourth-order valence-corrected chi connectivity index (χ4v) is 0.303. The first-order chi connectivity index (χ1) is 4.31. The van der Waals surface area contributed by atoms with Gasteiger partial charge in [-0.25, -0.2) is 11.0 Å². The molecule has 0 heterocycles. The van der Waals surface area contributed by atoms with Crippen LogP contribution in [0.2, 0.25) is 0 Å². The molecule has 0 bridgehead atoms. The summed E-state index contributed by atoms with van der Waals surface area (Å²) >= 11 is 0. The van der Waals surface area contributed by atoms with E-state index in [0.717, 1.165) is 11.5 Å². The lowest BCUT2D eigenvalue weighted by molar-refractivity contribution is 0.422. The summed E-state index contributed by atoms with van der Waals surface area (Å²) in [5.74, 6) is 6.57. The van der Waals surface area contributed by atoms with E-state index < -0.39 is 0 Å². The van der Waals surface area contributed by atoms with E-state index in [0.29, 0.717) is 0 Å². The van der Waals surface area contributed by atoms with Crippen LogP contribution in [0.3, 0.4) is 0 Å². The molecule has 48 valence electrons. The van der Waals surface area contributed by atoms with Crippen molar-refractivity contribution in [3.63, 3.8) is 0 Å². The molecule has 0 saturated heterocycles. The number of nitrogens with two attached hydrogens (primary N) is 1. The number of hydrogen-bond donors (Lipinski definition) is 1.